The molecule has 0 aliphatic heterocycles. The predicted molar refractivity (Wildman–Crippen MR) is 116 cm³/mol. The van der Waals surface area contributed by atoms with E-state index >= 15 is 0 Å². The molecule has 4 aromatic rings. The highest BCUT2D eigenvalue weighted by molar-refractivity contribution is 6.06. The predicted octanol–water partition coefficient (Wildman–Crippen LogP) is 4.07. The number of pyridine rings is 2. The summed E-state index contributed by atoms with van der Waals surface area (Å²) >= 11 is 0. The molecule has 6 nitrogen and oxygen atoms in total. The smallest absolute Gasteiger partial charge is 0.252 e. The van der Waals surface area contributed by atoms with Crippen LogP contribution in [0.3, 0.4) is 0 Å². The fourth-order valence-corrected chi connectivity index (χ4v) is 3.77. The van der Waals surface area contributed by atoms with Crippen LogP contribution in [0.1, 0.15) is 35.7 Å². The molecule has 3 aromatic heterocycles. The molecule has 1 atom stereocenters. The van der Waals surface area contributed by atoms with E-state index in [-0.39, 0.29) is 11.9 Å². The number of nitrogens with zero attached hydrogens (tertiary/aromatic N) is 4. The van der Waals surface area contributed by atoms with Crippen molar-refractivity contribution >= 4 is 16.9 Å². The van der Waals surface area contributed by atoms with Gasteiger partial charge in [0.1, 0.15) is 0 Å². The van der Waals surface area contributed by atoms with Crippen LogP contribution >= 0.6 is 0 Å². The molecule has 1 aliphatic rings. The average Bonchev–Trinajstić information content (AvgIpc) is 3.57. The highest BCUT2D eigenvalue weighted by Crippen LogP contribution is 2.33. The largest absolute Gasteiger partial charge is 0.349 e. The van der Waals surface area contributed by atoms with Crippen molar-refractivity contribution in [2.24, 2.45) is 5.92 Å². The summed E-state index contributed by atoms with van der Waals surface area (Å²) < 4.78 is 1.85. The second kappa shape index (κ2) is 7.71. The van der Waals surface area contributed by atoms with E-state index in [1.165, 1.54) is 12.8 Å². The Hall–Kier alpha value is -3.54. The number of carbonyl (C=O) groups excluding carboxylic acids is 1. The zero-order valence-corrected chi connectivity index (χ0v) is 16.8. The lowest BCUT2D eigenvalue weighted by molar-refractivity contribution is 0.0937. The molecule has 0 unspecified atom stereocenters. The van der Waals surface area contributed by atoms with Crippen LogP contribution < -0.4 is 5.32 Å². The van der Waals surface area contributed by atoms with Gasteiger partial charge in [0.15, 0.2) is 5.65 Å². The molecule has 30 heavy (non-hydrogen) atoms. The molecule has 1 aromatic carbocycles. The number of nitrogens with one attached hydrogen (secondary N) is 1. The second-order valence-electron chi connectivity index (χ2n) is 7.92. The Morgan fingerprint density at radius 1 is 1.17 bits per heavy atom. The van der Waals surface area contributed by atoms with Crippen LogP contribution in [0.25, 0.3) is 22.3 Å². The van der Waals surface area contributed by atoms with Gasteiger partial charge in [-0.05, 0) is 49.4 Å². The van der Waals surface area contributed by atoms with Gasteiger partial charge in [0.25, 0.3) is 5.91 Å². The van der Waals surface area contributed by atoms with Crippen molar-refractivity contribution in [2.45, 2.75) is 32.4 Å². The first-order valence-corrected chi connectivity index (χ1v) is 10.3. The highest BCUT2D eigenvalue weighted by atomic mass is 16.1. The van der Waals surface area contributed by atoms with E-state index in [1.807, 2.05) is 53.2 Å². The summed E-state index contributed by atoms with van der Waals surface area (Å²) in [7, 11) is 0. The third-order valence-electron chi connectivity index (χ3n) is 5.69. The fraction of sp³-hybridized carbons (Fsp3) is 0.250. The van der Waals surface area contributed by atoms with Gasteiger partial charge in [-0.2, -0.15) is 5.10 Å². The Morgan fingerprint density at radius 2 is 1.93 bits per heavy atom. The maximum absolute atomic E-state index is 13.2. The van der Waals surface area contributed by atoms with Gasteiger partial charge >= 0.3 is 0 Å². The number of hydrogen-bond donors (Lipinski definition) is 1. The van der Waals surface area contributed by atoms with Crippen LogP contribution in [-0.4, -0.2) is 31.7 Å². The van der Waals surface area contributed by atoms with Crippen molar-refractivity contribution in [3.63, 3.8) is 0 Å². The fourth-order valence-electron chi connectivity index (χ4n) is 3.77. The summed E-state index contributed by atoms with van der Waals surface area (Å²) in [5.74, 6) is 0.525. The van der Waals surface area contributed by atoms with E-state index in [1.54, 1.807) is 18.6 Å². The molecule has 1 aliphatic carbocycles. The van der Waals surface area contributed by atoms with Gasteiger partial charge in [-0.1, -0.05) is 30.3 Å². The summed E-state index contributed by atoms with van der Waals surface area (Å²) in [6.45, 7) is 2.65. The molecule has 1 N–H and O–H groups in total. The first kappa shape index (κ1) is 18.5. The molecule has 0 saturated heterocycles. The first-order chi connectivity index (χ1) is 14.7. The lowest BCUT2D eigenvalue weighted by atomic mass is 10.1. The minimum absolute atomic E-state index is 0.0672. The van der Waals surface area contributed by atoms with Crippen molar-refractivity contribution in [3.05, 3.63) is 78.2 Å². The van der Waals surface area contributed by atoms with E-state index in [0.29, 0.717) is 23.7 Å². The zero-order valence-electron chi connectivity index (χ0n) is 16.8. The van der Waals surface area contributed by atoms with Crippen LogP contribution in [0.2, 0.25) is 0 Å². The third-order valence-corrected chi connectivity index (χ3v) is 5.69. The topological polar surface area (TPSA) is 72.7 Å². The van der Waals surface area contributed by atoms with Gasteiger partial charge in [0.05, 0.1) is 29.4 Å². The number of hydrogen-bond acceptors (Lipinski definition) is 4. The van der Waals surface area contributed by atoms with Crippen LogP contribution in [0.5, 0.6) is 0 Å². The van der Waals surface area contributed by atoms with Gasteiger partial charge < -0.3 is 5.32 Å². The van der Waals surface area contributed by atoms with Gasteiger partial charge in [0, 0.05) is 24.0 Å². The zero-order chi connectivity index (χ0) is 20.5. The quantitative estimate of drug-likeness (QED) is 0.532. The number of carbonyl (C=O) groups is 1. The molecule has 0 radical (unpaired) electrons. The lowest BCUT2D eigenvalue weighted by Gasteiger charge is -2.14. The Morgan fingerprint density at radius 3 is 2.67 bits per heavy atom. The maximum atomic E-state index is 13.2. The first-order valence-electron chi connectivity index (χ1n) is 10.3. The van der Waals surface area contributed by atoms with Gasteiger partial charge in [-0.3, -0.25) is 9.78 Å². The van der Waals surface area contributed by atoms with Crippen LogP contribution in [-0.2, 0) is 6.54 Å². The second-order valence-corrected chi connectivity index (χ2v) is 7.92. The molecule has 0 spiro atoms. The molecule has 1 amide bonds. The van der Waals surface area contributed by atoms with E-state index in [4.69, 9.17) is 4.98 Å². The standard InChI is InChI=1S/C24H23N5O/c1-16(18-7-8-18)27-24(30)20-13-22(19-5-3-2-4-6-19)28-23-21(20)14-26-29(23)15-17-9-11-25-12-10-17/h2-6,9-14,16,18H,7-8,15H2,1H3,(H,27,30)/t16-/m0/s1. The van der Waals surface area contributed by atoms with Gasteiger partial charge in [-0.25, -0.2) is 9.67 Å². The molecular weight excluding hydrogens is 374 g/mol. The normalized spacial score (nSPS) is 14.6. The van der Waals surface area contributed by atoms with E-state index in [0.717, 1.165) is 22.2 Å². The summed E-state index contributed by atoms with van der Waals surface area (Å²) in [5, 5.41) is 8.49. The highest BCUT2D eigenvalue weighted by Gasteiger charge is 2.29. The van der Waals surface area contributed by atoms with E-state index in [9.17, 15) is 4.79 Å². The molecule has 1 saturated carbocycles. The van der Waals surface area contributed by atoms with Crippen molar-refractivity contribution in [2.75, 3.05) is 0 Å². The molecule has 0 bridgehead atoms. The van der Waals surface area contributed by atoms with Gasteiger partial charge in [-0.15, -0.1) is 0 Å². The average molecular weight is 397 g/mol. The molecule has 5 rings (SSSR count). The molecule has 1 fully saturated rings. The lowest BCUT2D eigenvalue weighted by Crippen LogP contribution is -2.34. The molecular formula is C24H23N5O. The van der Waals surface area contributed by atoms with Crippen molar-refractivity contribution in [1.82, 2.24) is 25.1 Å². The number of rotatable bonds is 6. The van der Waals surface area contributed by atoms with E-state index < -0.39 is 0 Å². The molecule has 6 heteroatoms. The summed E-state index contributed by atoms with van der Waals surface area (Å²) in [5.41, 5.74) is 4.14. The molecule has 150 valence electrons. The number of benzene rings is 1. The minimum Gasteiger partial charge on any atom is -0.349 e. The molecule has 3 heterocycles. The Labute approximate surface area is 175 Å². The van der Waals surface area contributed by atoms with Crippen molar-refractivity contribution < 1.29 is 4.79 Å². The SMILES string of the molecule is C[C@H](NC(=O)c1cc(-c2ccccc2)nc2c1cnn2Cc1ccncc1)C1CC1. The summed E-state index contributed by atoms with van der Waals surface area (Å²) in [4.78, 5) is 22.1. The monoisotopic (exact) mass is 397 g/mol. The Balaban J connectivity index is 1.59. The van der Waals surface area contributed by atoms with Crippen molar-refractivity contribution in [3.8, 4) is 11.3 Å². The summed E-state index contributed by atoms with van der Waals surface area (Å²) in [6, 6.07) is 15.9. The van der Waals surface area contributed by atoms with Crippen LogP contribution in [0.4, 0.5) is 0 Å². The van der Waals surface area contributed by atoms with E-state index in [2.05, 4.69) is 22.3 Å². The summed E-state index contributed by atoms with van der Waals surface area (Å²) in [6.07, 6.45) is 7.65. The van der Waals surface area contributed by atoms with Gasteiger partial charge in [0.2, 0.25) is 0 Å². The van der Waals surface area contributed by atoms with Crippen molar-refractivity contribution in [1.29, 1.82) is 0 Å². The Kier molecular flexibility index (Phi) is 4.75. The number of amides is 1. The number of aromatic nitrogens is 4. The third kappa shape index (κ3) is 3.68. The Bertz CT molecular complexity index is 1180. The van der Waals surface area contributed by atoms with Crippen LogP contribution in [0.15, 0.2) is 67.1 Å². The minimum atomic E-state index is -0.0672. The maximum Gasteiger partial charge on any atom is 0.252 e. The number of fused-ring (bicyclic) bond motifs is 1. The van der Waals surface area contributed by atoms with Crippen LogP contribution in [0, 0.1) is 5.92 Å².